The largest absolute Gasteiger partial charge is 0.481 e. The highest BCUT2D eigenvalue weighted by Crippen LogP contribution is 2.20. The van der Waals surface area contributed by atoms with E-state index in [9.17, 15) is 14.7 Å². The smallest absolute Gasteiger partial charge is 0.407 e. The van der Waals surface area contributed by atoms with Gasteiger partial charge >= 0.3 is 12.1 Å². The number of aliphatic carboxylic acids is 1. The Labute approximate surface area is 120 Å². The van der Waals surface area contributed by atoms with Crippen molar-refractivity contribution in [1.29, 1.82) is 0 Å². The molecule has 0 bridgehead atoms. The quantitative estimate of drug-likeness (QED) is 0.825. The normalized spacial score (nSPS) is 24.5. The van der Waals surface area contributed by atoms with Crippen LogP contribution in [0, 0.1) is 5.92 Å². The van der Waals surface area contributed by atoms with Gasteiger partial charge in [-0.15, -0.1) is 0 Å². The zero-order chi connectivity index (χ0) is 15.5. The van der Waals surface area contributed by atoms with Crippen molar-refractivity contribution in [1.82, 2.24) is 10.2 Å². The van der Waals surface area contributed by atoms with Crippen molar-refractivity contribution < 1.29 is 19.4 Å². The van der Waals surface area contributed by atoms with E-state index in [4.69, 9.17) is 4.74 Å². The third kappa shape index (κ3) is 5.36. The Kier molecular flexibility index (Phi) is 5.39. The molecule has 2 N–H and O–H groups in total. The molecular formula is C14H26N2O4. The van der Waals surface area contributed by atoms with Gasteiger partial charge in [-0.25, -0.2) is 4.79 Å². The highest BCUT2D eigenvalue weighted by atomic mass is 16.6. The average molecular weight is 286 g/mol. The van der Waals surface area contributed by atoms with Crippen molar-refractivity contribution in [3.05, 3.63) is 0 Å². The number of nitrogens with one attached hydrogen (secondary N) is 1. The third-order valence-electron chi connectivity index (χ3n) is 3.28. The van der Waals surface area contributed by atoms with Gasteiger partial charge in [0, 0.05) is 25.2 Å². The Morgan fingerprint density at radius 3 is 2.35 bits per heavy atom. The van der Waals surface area contributed by atoms with Crippen molar-refractivity contribution in [2.24, 2.45) is 5.92 Å². The molecule has 1 aliphatic rings. The van der Waals surface area contributed by atoms with Crippen LogP contribution in [0.2, 0.25) is 0 Å². The molecule has 1 rings (SSSR count). The Morgan fingerprint density at radius 1 is 1.30 bits per heavy atom. The van der Waals surface area contributed by atoms with E-state index in [0.29, 0.717) is 19.5 Å². The van der Waals surface area contributed by atoms with Crippen molar-refractivity contribution in [3.63, 3.8) is 0 Å². The highest BCUT2D eigenvalue weighted by Gasteiger charge is 2.33. The first-order valence-electron chi connectivity index (χ1n) is 7.05. The molecule has 1 fully saturated rings. The second-order valence-electron chi connectivity index (χ2n) is 6.66. The van der Waals surface area contributed by atoms with Gasteiger partial charge in [-0.05, 0) is 41.0 Å². The molecule has 0 spiro atoms. The number of carboxylic acid groups (broad SMARTS) is 1. The van der Waals surface area contributed by atoms with Crippen molar-refractivity contribution in [2.45, 2.75) is 58.7 Å². The molecule has 1 aliphatic heterocycles. The molecule has 1 heterocycles. The number of alkyl carbamates (subject to hydrolysis) is 1. The molecule has 2 atom stereocenters. The number of nitrogens with zero attached hydrogens (tertiary/aromatic N) is 1. The van der Waals surface area contributed by atoms with Crippen LogP contribution in [0.4, 0.5) is 4.79 Å². The number of rotatable bonds is 3. The van der Waals surface area contributed by atoms with Gasteiger partial charge in [0.1, 0.15) is 5.60 Å². The van der Waals surface area contributed by atoms with Gasteiger partial charge in [0.05, 0.1) is 5.92 Å². The Hall–Kier alpha value is -1.30. The Morgan fingerprint density at radius 2 is 1.90 bits per heavy atom. The van der Waals surface area contributed by atoms with Gasteiger partial charge in [-0.3, -0.25) is 9.69 Å². The summed E-state index contributed by atoms with van der Waals surface area (Å²) in [5.41, 5.74) is -0.553. The molecule has 116 valence electrons. The summed E-state index contributed by atoms with van der Waals surface area (Å²) in [5.74, 6) is -1.27. The second kappa shape index (κ2) is 6.43. The summed E-state index contributed by atoms with van der Waals surface area (Å²) >= 11 is 0. The molecule has 0 aromatic rings. The maximum absolute atomic E-state index is 11.8. The SMILES string of the molecule is CC(C)N1CC(NC(=O)OC(C)(C)C)CC(C(=O)O)C1. The summed E-state index contributed by atoms with van der Waals surface area (Å²) in [5, 5.41) is 12.0. The fraction of sp³-hybridized carbons (Fsp3) is 0.857. The topological polar surface area (TPSA) is 78.9 Å². The fourth-order valence-electron chi connectivity index (χ4n) is 2.31. The van der Waals surface area contributed by atoms with E-state index < -0.39 is 23.6 Å². The number of carboxylic acids is 1. The lowest BCUT2D eigenvalue weighted by Crippen LogP contribution is -2.54. The van der Waals surface area contributed by atoms with Crippen molar-refractivity contribution in [3.8, 4) is 0 Å². The Bertz CT molecular complexity index is 363. The molecule has 0 aromatic heterocycles. The van der Waals surface area contributed by atoms with E-state index in [1.807, 2.05) is 13.8 Å². The number of piperidine rings is 1. The zero-order valence-corrected chi connectivity index (χ0v) is 13.0. The summed E-state index contributed by atoms with van der Waals surface area (Å²) in [7, 11) is 0. The number of likely N-dealkylation sites (tertiary alicyclic amines) is 1. The van der Waals surface area contributed by atoms with Crippen LogP contribution in [-0.4, -0.2) is 52.8 Å². The van der Waals surface area contributed by atoms with Gasteiger partial charge in [-0.2, -0.15) is 0 Å². The van der Waals surface area contributed by atoms with Crippen LogP contribution in [-0.2, 0) is 9.53 Å². The Balaban J connectivity index is 2.63. The van der Waals surface area contributed by atoms with Crippen LogP contribution in [0.1, 0.15) is 41.0 Å². The third-order valence-corrected chi connectivity index (χ3v) is 3.28. The summed E-state index contributed by atoms with van der Waals surface area (Å²) < 4.78 is 5.22. The molecule has 0 aromatic carbocycles. The van der Waals surface area contributed by atoms with E-state index in [1.54, 1.807) is 20.8 Å². The fourth-order valence-corrected chi connectivity index (χ4v) is 2.31. The van der Waals surface area contributed by atoms with Crippen LogP contribution in [0.15, 0.2) is 0 Å². The lowest BCUT2D eigenvalue weighted by atomic mass is 9.93. The number of amides is 1. The first-order valence-corrected chi connectivity index (χ1v) is 7.05. The van der Waals surface area contributed by atoms with E-state index in [2.05, 4.69) is 10.2 Å². The molecule has 1 saturated heterocycles. The van der Waals surface area contributed by atoms with Crippen molar-refractivity contribution in [2.75, 3.05) is 13.1 Å². The molecular weight excluding hydrogens is 260 g/mol. The molecule has 0 aliphatic carbocycles. The maximum atomic E-state index is 11.8. The molecule has 1 amide bonds. The lowest BCUT2D eigenvalue weighted by Gasteiger charge is -2.38. The van der Waals surface area contributed by atoms with Gasteiger partial charge in [0.2, 0.25) is 0 Å². The standard InChI is InChI=1S/C14H26N2O4/c1-9(2)16-7-10(12(17)18)6-11(8-16)15-13(19)20-14(3,4)5/h9-11H,6-8H2,1-5H3,(H,15,19)(H,17,18). The molecule has 20 heavy (non-hydrogen) atoms. The minimum Gasteiger partial charge on any atom is -0.481 e. The molecule has 0 radical (unpaired) electrons. The van der Waals surface area contributed by atoms with Gasteiger partial charge in [-0.1, -0.05) is 0 Å². The highest BCUT2D eigenvalue weighted by molar-refractivity contribution is 5.71. The van der Waals surface area contributed by atoms with Crippen LogP contribution in [0.5, 0.6) is 0 Å². The van der Waals surface area contributed by atoms with Crippen molar-refractivity contribution >= 4 is 12.1 Å². The first kappa shape index (κ1) is 16.8. The van der Waals surface area contributed by atoms with Crippen LogP contribution >= 0.6 is 0 Å². The predicted octanol–water partition coefficient (Wildman–Crippen LogP) is 1.69. The minimum absolute atomic E-state index is 0.193. The van der Waals surface area contributed by atoms with Crippen LogP contribution < -0.4 is 5.32 Å². The molecule has 6 heteroatoms. The molecule has 6 nitrogen and oxygen atoms in total. The number of ether oxygens (including phenoxy) is 1. The lowest BCUT2D eigenvalue weighted by molar-refractivity contribution is -0.144. The van der Waals surface area contributed by atoms with Crippen LogP contribution in [0.3, 0.4) is 0 Å². The predicted molar refractivity (Wildman–Crippen MR) is 75.6 cm³/mol. The van der Waals surface area contributed by atoms with Gasteiger partial charge in [0.15, 0.2) is 0 Å². The average Bonchev–Trinajstić information content (AvgIpc) is 2.25. The number of carbonyl (C=O) groups excluding carboxylic acids is 1. The molecule has 2 unspecified atom stereocenters. The minimum atomic E-state index is -0.814. The van der Waals surface area contributed by atoms with Gasteiger partial charge < -0.3 is 15.2 Å². The number of carbonyl (C=O) groups is 2. The zero-order valence-electron chi connectivity index (χ0n) is 13.0. The molecule has 0 saturated carbocycles. The first-order chi connectivity index (χ1) is 9.08. The van der Waals surface area contributed by atoms with E-state index in [-0.39, 0.29) is 12.1 Å². The number of hydrogen-bond donors (Lipinski definition) is 2. The van der Waals surface area contributed by atoms with E-state index >= 15 is 0 Å². The summed E-state index contributed by atoms with van der Waals surface area (Å²) in [4.78, 5) is 25.1. The number of hydrogen-bond acceptors (Lipinski definition) is 4. The second-order valence-corrected chi connectivity index (χ2v) is 6.66. The van der Waals surface area contributed by atoms with Gasteiger partial charge in [0.25, 0.3) is 0 Å². The summed E-state index contributed by atoms with van der Waals surface area (Å²) in [6.07, 6.45) is -0.0464. The monoisotopic (exact) mass is 286 g/mol. The summed E-state index contributed by atoms with van der Waals surface area (Å²) in [6.45, 7) is 10.6. The van der Waals surface area contributed by atoms with Crippen LogP contribution in [0.25, 0.3) is 0 Å². The van der Waals surface area contributed by atoms with E-state index in [1.165, 1.54) is 0 Å². The van der Waals surface area contributed by atoms with E-state index in [0.717, 1.165) is 0 Å². The summed E-state index contributed by atoms with van der Waals surface area (Å²) in [6, 6.07) is 0.0576. The maximum Gasteiger partial charge on any atom is 0.407 e.